The molecule has 5 heteroatoms. The molecule has 0 amide bonds. The number of nitrogens with two attached hydrogens (primary N) is 2. The lowest BCUT2D eigenvalue weighted by molar-refractivity contribution is 0.577. The summed E-state index contributed by atoms with van der Waals surface area (Å²) in [5, 5.41) is 0. The molecule has 0 aromatic carbocycles. The summed E-state index contributed by atoms with van der Waals surface area (Å²) in [6.45, 7) is 3.63. The van der Waals surface area contributed by atoms with E-state index in [1.54, 1.807) is 0 Å². The molecule has 0 aliphatic carbocycles. The van der Waals surface area contributed by atoms with Crippen LogP contribution in [0.4, 0.5) is 0 Å². The van der Waals surface area contributed by atoms with E-state index in [1.165, 1.54) is 0 Å². The van der Waals surface area contributed by atoms with Crippen LogP contribution in [-0.4, -0.2) is 18.3 Å². The Balaban J connectivity index is 4.37. The van der Waals surface area contributed by atoms with Crippen molar-refractivity contribution in [3.63, 3.8) is 0 Å². The van der Waals surface area contributed by atoms with Crippen molar-refractivity contribution in [2.24, 2.45) is 16.2 Å². The van der Waals surface area contributed by atoms with Gasteiger partial charge in [-0.05, 0) is 0 Å². The number of hydrogen-bond acceptors (Lipinski definition) is 1. The number of hydrogen-bond donors (Lipinski definition) is 2. The first-order valence-corrected chi connectivity index (χ1v) is 5.26. The molecule has 4 nitrogen and oxygen atoms in total. The van der Waals surface area contributed by atoms with E-state index in [1.807, 2.05) is 13.8 Å². The fourth-order valence-electron chi connectivity index (χ4n) is 0.575. The summed E-state index contributed by atoms with van der Waals surface area (Å²) in [5.74, 6) is -0.0768. The summed E-state index contributed by atoms with van der Waals surface area (Å²) in [6.07, 6.45) is 1.06. The molecule has 0 heterocycles. The molecule has 0 fully saturated rings. The van der Waals surface area contributed by atoms with Gasteiger partial charge in [0.05, 0.1) is 0 Å². The van der Waals surface area contributed by atoms with Gasteiger partial charge in [0.1, 0.15) is 0 Å². The smallest absolute Gasteiger partial charge is 0.192 e. The zero-order valence-electron chi connectivity index (χ0n) is 6.37. The maximum absolute atomic E-state index is 11.4. The van der Waals surface area contributed by atoms with Crippen LogP contribution < -0.4 is 11.5 Å². The fourth-order valence-corrected chi connectivity index (χ4v) is 1.73. The molecule has 0 radical (unpaired) electrons. The van der Waals surface area contributed by atoms with Crippen molar-refractivity contribution < 1.29 is 4.57 Å². The van der Waals surface area contributed by atoms with Crippen LogP contribution >= 0.6 is 7.29 Å². The molecule has 60 valence electrons. The molecular formula is C5H14N3OP. The van der Waals surface area contributed by atoms with Crippen molar-refractivity contribution in [1.82, 2.24) is 0 Å². The highest BCUT2D eigenvalue weighted by Crippen LogP contribution is 2.45. The maximum Gasteiger partial charge on any atom is 0.192 e. The molecule has 0 aromatic heterocycles. The second kappa shape index (κ2) is 3.62. The van der Waals surface area contributed by atoms with E-state index in [4.69, 9.17) is 11.5 Å². The van der Waals surface area contributed by atoms with Gasteiger partial charge in [-0.1, -0.05) is 13.8 Å². The molecular weight excluding hydrogens is 149 g/mol. The molecule has 0 rings (SSSR count). The Labute approximate surface area is 61.1 Å². The number of guanidine groups is 1. The van der Waals surface area contributed by atoms with E-state index >= 15 is 0 Å². The van der Waals surface area contributed by atoms with E-state index in [2.05, 4.69) is 4.76 Å². The molecule has 0 unspecified atom stereocenters. The van der Waals surface area contributed by atoms with Gasteiger partial charge in [0.15, 0.2) is 13.3 Å². The first-order valence-electron chi connectivity index (χ1n) is 3.23. The summed E-state index contributed by atoms with van der Waals surface area (Å²) in [4.78, 5) is 0. The van der Waals surface area contributed by atoms with Crippen molar-refractivity contribution in [3.05, 3.63) is 0 Å². The minimum Gasteiger partial charge on any atom is -0.370 e. The van der Waals surface area contributed by atoms with Crippen LogP contribution in [0.2, 0.25) is 0 Å². The highest BCUT2D eigenvalue weighted by atomic mass is 31.2. The highest BCUT2D eigenvalue weighted by molar-refractivity contribution is 7.62. The van der Waals surface area contributed by atoms with Crippen LogP contribution in [-0.2, 0) is 4.57 Å². The van der Waals surface area contributed by atoms with Crippen LogP contribution in [0.3, 0.4) is 0 Å². The topological polar surface area (TPSA) is 81.5 Å². The van der Waals surface area contributed by atoms with Crippen molar-refractivity contribution in [2.45, 2.75) is 13.8 Å². The summed E-state index contributed by atoms with van der Waals surface area (Å²) < 4.78 is 15.1. The van der Waals surface area contributed by atoms with Crippen LogP contribution in [0.5, 0.6) is 0 Å². The first-order chi connectivity index (χ1) is 4.54. The average Bonchev–Trinajstić information content (AvgIpc) is 1.87. The normalized spacial score (nSPS) is 11.0. The summed E-state index contributed by atoms with van der Waals surface area (Å²) in [5.41, 5.74) is 10.2. The lowest BCUT2D eigenvalue weighted by Gasteiger charge is -2.06. The van der Waals surface area contributed by atoms with Gasteiger partial charge in [-0.15, -0.1) is 0 Å². The van der Waals surface area contributed by atoms with E-state index in [-0.39, 0.29) is 5.96 Å². The Morgan fingerprint density at radius 1 is 1.40 bits per heavy atom. The third kappa shape index (κ3) is 2.87. The fraction of sp³-hybridized carbons (Fsp3) is 0.800. The zero-order chi connectivity index (χ0) is 8.20. The van der Waals surface area contributed by atoms with Crippen LogP contribution in [0.25, 0.3) is 0 Å². The summed E-state index contributed by atoms with van der Waals surface area (Å²) in [7, 11) is -2.40. The Hall–Kier alpha value is -0.500. The molecule has 0 aliphatic rings. The largest absolute Gasteiger partial charge is 0.370 e. The standard InChI is InChI=1S/C5H14N3OP/c1-3-10(9,4-2)8-5(6)7/h3-4H2,1-2H3,(H4,6,7,8,9). The van der Waals surface area contributed by atoms with E-state index < -0.39 is 7.29 Å². The Bertz CT molecular complexity index is 166. The van der Waals surface area contributed by atoms with Crippen LogP contribution in [0.15, 0.2) is 4.76 Å². The Morgan fingerprint density at radius 3 is 1.90 bits per heavy atom. The third-order valence-corrected chi connectivity index (χ3v) is 3.86. The first kappa shape index (κ1) is 9.50. The molecule has 0 spiro atoms. The van der Waals surface area contributed by atoms with Crippen LogP contribution in [0, 0.1) is 0 Å². The second-order valence-electron chi connectivity index (χ2n) is 2.00. The molecule has 0 saturated carbocycles. The monoisotopic (exact) mass is 163 g/mol. The van der Waals surface area contributed by atoms with Gasteiger partial charge >= 0.3 is 0 Å². The van der Waals surface area contributed by atoms with Gasteiger partial charge in [-0.3, -0.25) is 4.57 Å². The summed E-state index contributed by atoms with van der Waals surface area (Å²) in [6, 6.07) is 0. The van der Waals surface area contributed by atoms with E-state index in [0.717, 1.165) is 0 Å². The van der Waals surface area contributed by atoms with E-state index in [9.17, 15) is 4.57 Å². The van der Waals surface area contributed by atoms with Crippen molar-refractivity contribution >= 4 is 13.3 Å². The van der Waals surface area contributed by atoms with Gasteiger partial charge in [-0.2, -0.15) is 4.76 Å². The number of rotatable bonds is 3. The van der Waals surface area contributed by atoms with Gasteiger partial charge in [-0.25, -0.2) is 0 Å². The average molecular weight is 163 g/mol. The molecule has 4 N–H and O–H groups in total. The lowest BCUT2D eigenvalue weighted by Crippen LogP contribution is -2.22. The molecule has 0 atom stereocenters. The van der Waals surface area contributed by atoms with Crippen molar-refractivity contribution in [1.29, 1.82) is 0 Å². The predicted molar refractivity (Wildman–Crippen MR) is 44.5 cm³/mol. The third-order valence-electron chi connectivity index (χ3n) is 1.29. The molecule has 0 bridgehead atoms. The second-order valence-corrected chi connectivity index (χ2v) is 5.16. The highest BCUT2D eigenvalue weighted by Gasteiger charge is 2.14. The van der Waals surface area contributed by atoms with Crippen LogP contribution in [0.1, 0.15) is 13.8 Å². The molecule has 0 aromatic rings. The van der Waals surface area contributed by atoms with Gasteiger partial charge in [0, 0.05) is 12.3 Å². The Morgan fingerprint density at radius 2 is 1.80 bits per heavy atom. The maximum atomic E-state index is 11.4. The Kier molecular flexibility index (Phi) is 3.43. The minimum atomic E-state index is -2.40. The minimum absolute atomic E-state index is 0.0768. The quantitative estimate of drug-likeness (QED) is 0.362. The SMILES string of the molecule is CCP(=O)(CC)N=C(N)N. The van der Waals surface area contributed by atoms with Gasteiger partial charge in [0.2, 0.25) is 0 Å². The number of nitrogens with zero attached hydrogens (tertiary/aromatic N) is 1. The lowest BCUT2D eigenvalue weighted by atomic mass is 11.0. The molecule has 0 aliphatic heterocycles. The van der Waals surface area contributed by atoms with Crippen molar-refractivity contribution in [3.8, 4) is 0 Å². The van der Waals surface area contributed by atoms with Crippen molar-refractivity contribution in [2.75, 3.05) is 12.3 Å². The molecule has 10 heavy (non-hydrogen) atoms. The molecule has 0 saturated heterocycles. The zero-order valence-corrected chi connectivity index (χ0v) is 7.27. The van der Waals surface area contributed by atoms with Gasteiger partial charge in [0.25, 0.3) is 0 Å². The van der Waals surface area contributed by atoms with Gasteiger partial charge < -0.3 is 11.5 Å². The predicted octanol–water partition coefficient (Wildman–Crippen LogP) is 0.578. The summed E-state index contributed by atoms with van der Waals surface area (Å²) >= 11 is 0. The van der Waals surface area contributed by atoms with E-state index in [0.29, 0.717) is 12.3 Å².